The second-order valence-electron chi connectivity index (χ2n) is 5.27. The van der Waals surface area contributed by atoms with E-state index in [1.54, 1.807) is 0 Å². The van der Waals surface area contributed by atoms with Crippen LogP contribution in [-0.2, 0) is 4.79 Å². The molecule has 1 amide bonds. The van der Waals surface area contributed by atoms with E-state index in [9.17, 15) is 4.79 Å². The maximum atomic E-state index is 11.8. The van der Waals surface area contributed by atoms with Crippen LogP contribution in [0.3, 0.4) is 0 Å². The zero-order valence-electron chi connectivity index (χ0n) is 13.3. The van der Waals surface area contributed by atoms with E-state index in [1.807, 2.05) is 45.9 Å². The first-order valence-corrected chi connectivity index (χ1v) is 7.19. The summed E-state index contributed by atoms with van der Waals surface area (Å²) in [6.07, 6.45) is 0.896. The third-order valence-electron chi connectivity index (χ3n) is 3.62. The lowest BCUT2D eigenvalue weighted by molar-refractivity contribution is -0.123. The van der Waals surface area contributed by atoms with Crippen molar-refractivity contribution in [3.8, 4) is 5.75 Å². The molecule has 21 heavy (non-hydrogen) atoms. The Morgan fingerprint density at radius 3 is 2.43 bits per heavy atom. The number of nitrogens with one attached hydrogen (secondary N) is 1. The minimum atomic E-state index is -0.444. The Hall–Kier alpha value is -1.26. The minimum Gasteiger partial charge on any atom is -0.491 e. The second-order valence-corrected chi connectivity index (χ2v) is 5.27. The summed E-state index contributed by atoms with van der Waals surface area (Å²) in [5, 5.41) is 2.82. The second kappa shape index (κ2) is 9.64. The number of carbonyl (C=O) groups is 1. The van der Waals surface area contributed by atoms with E-state index in [2.05, 4.69) is 5.32 Å². The molecule has 0 aromatic heterocycles. The van der Waals surface area contributed by atoms with E-state index in [-0.39, 0.29) is 24.2 Å². The van der Waals surface area contributed by atoms with E-state index in [1.165, 1.54) is 0 Å². The molecule has 120 valence electrons. The van der Waals surface area contributed by atoms with Crippen LogP contribution in [0.4, 0.5) is 0 Å². The minimum absolute atomic E-state index is 0. The van der Waals surface area contributed by atoms with Gasteiger partial charge in [-0.2, -0.15) is 0 Å². The molecule has 0 aliphatic rings. The number of benzene rings is 1. The number of ether oxygens (including phenoxy) is 1. The molecule has 1 rings (SSSR count). The highest BCUT2D eigenvalue weighted by Gasteiger charge is 2.18. The van der Waals surface area contributed by atoms with Crippen molar-refractivity contribution in [2.24, 2.45) is 11.7 Å². The lowest BCUT2D eigenvalue weighted by Gasteiger charge is -2.18. The van der Waals surface area contributed by atoms with E-state index < -0.39 is 6.04 Å². The fourth-order valence-electron chi connectivity index (χ4n) is 1.98. The Morgan fingerprint density at radius 1 is 1.33 bits per heavy atom. The van der Waals surface area contributed by atoms with Crippen LogP contribution in [0, 0.1) is 19.8 Å². The summed E-state index contributed by atoms with van der Waals surface area (Å²) in [6.45, 7) is 8.96. The molecular formula is C16H27ClN2O2. The van der Waals surface area contributed by atoms with Crippen LogP contribution in [0.15, 0.2) is 18.2 Å². The first-order chi connectivity index (χ1) is 9.47. The Morgan fingerprint density at radius 2 is 1.90 bits per heavy atom. The van der Waals surface area contributed by atoms with Gasteiger partial charge in [0.05, 0.1) is 12.6 Å². The summed E-state index contributed by atoms with van der Waals surface area (Å²) in [5.41, 5.74) is 8.07. The third kappa shape index (κ3) is 5.94. The van der Waals surface area contributed by atoms with E-state index in [4.69, 9.17) is 10.5 Å². The summed E-state index contributed by atoms with van der Waals surface area (Å²) in [6, 6.07) is 5.59. The highest BCUT2D eigenvalue weighted by atomic mass is 35.5. The molecule has 0 saturated heterocycles. The van der Waals surface area contributed by atoms with Gasteiger partial charge >= 0.3 is 0 Å². The van der Waals surface area contributed by atoms with Gasteiger partial charge in [0.1, 0.15) is 12.4 Å². The van der Waals surface area contributed by atoms with Gasteiger partial charge in [-0.15, -0.1) is 12.4 Å². The third-order valence-corrected chi connectivity index (χ3v) is 3.62. The smallest absolute Gasteiger partial charge is 0.237 e. The van der Waals surface area contributed by atoms with Crippen molar-refractivity contribution in [1.82, 2.24) is 5.32 Å². The number of amides is 1. The molecule has 0 aliphatic carbocycles. The average molecular weight is 315 g/mol. The number of carbonyl (C=O) groups excluding carboxylic acids is 1. The zero-order chi connectivity index (χ0) is 15.1. The van der Waals surface area contributed by atoms with Gasteiger partial charge in [0.15, 0.2) is 0 Å². The number of para-hydroxylation sites is 1. The molecule has 0 heterocycles. The number of rotatable bonds is 7. The number of halogens is 1. The van der Waals surface area contributed by atoms with Crippen LogP contribution in [0.1, 0.15) is 31.4 Å². The Labute approximate surface area is 133 Å². The van der Waals surface area contributed by atoms with Crippen molar-refractivity contribution in [3.63, 3.8) is 0 Å². The van der Waals surface area contributed by atoms with Gasteiger partial charge in [0.2, 0.25) is 5.91 Å². The highest BCUT2D eigenvalue weighted by Crippen LogP contribution is 2.21. The lowest BCUT2D eigenvalue weighted by Crippen LogP contribution is -2.45. The lowest BCUT2D eigenvalue weighted by atomic mass is 9.99. The SMILES string of the molecule is CCC(C)C(N)C(=O)NCCOc1c(C)cccc1C.Cl. The van der Waals surface area contributed by atoms with Crippen molar-refractivity contribution in [2.45, 2.75) is 40.2 Å². The molecule has 2 atom stereocenters. The Bertz CT molecular complexity index is 432. The quantitative estimate of drug-likeness (QED) is 0.760. The molecule has 0 aliphatic heterocycles. The molecule has 0 fully saturated rings. The summed E-state index contributed by atoms with van der Waals surface area (Å²) in [4.78, 5) is 11.8. The van der Waals surface area contributed by atoms with E-state index in [0.717, 1.165) is 23.3 Å². The number of aryl methyl sites for hydroxylation is 2. The van der Waals surface area contributed by atoms with Crippen LogP contribution in [0.25, 0.3) is 0 Å². The summed E-state index contributed by atoms with van der Waals surface area (Å²) in [5.74, 6) is 0.979. The van der Waals surface area contributed by atoms with Crippen molar-refractivity contribution < 1.29 is 9.53 Å². The number of hydrogen-bond donors (Lipinski definition) is 2. The molecule has 0 bridgehead atoms. The predicted molar refractivity (Wildman–Crippen MR) is 89.1 cm³/mol. The van der Waals surface area contributed by atoms with Gasteiger partial charge in [-0.25, -0.2) is 0 Å². The first-order valence-electron chi connectivity index (χ1n) is 7.19. The van der Waals surface area contributed by atoms with Gasteiger partial charge in [0, 0.05) is 0 Å². The van der Waals surface area contributed by atoms with Crippen molar-refractivity contribution in [2.75, 3.05) is 13.2 Å². The van der Waals surface area contributed by atoms with Gasteiger partial charge in [-0.3, -0.25) is 4.79 Å². The molecule has 0 saturated carbocycles. The Kier molecular flexibility index (Phi) is 9.06. The maximum absolute atomic E-state index is 11.8. The predicted octanol–water partition coefficient (Wildman–Crippen LogP) is 2.59. The van der Waals surface area contributed by atoms with E-state index >= 15 is 0 Å². The number of nitrogens with two attached hydrogens (primary N) is 1. The summed E-state index contributed by atoms with van der Waals surface area (Å²) < 4.78 is 5.73. The van der Waals surface area contributed by atoms with E-state index in [0.29, 0.717) is 13.2 Å². The van der Waals surface area contributed by atoms with Crippen LogP contribution in [0.2, 0.25) is 0 Å². The van der Waals surface area contributed by atoms with Crippen molar-refractivity contribution in [1.29, 1.82) is 0 Å². The van der Waals surface area contributed by atoms with Gasteiger partial charge < -0.3 is 15.8 Å². The first kappa shape index (κ1) is 19.7. The molecule has 5 heteroatoms. The fraction of sp³-hybridized carbons (Fsp3) is 0.562. The molecule has 0 spiro atoms. The van der Waals surface area contributed by atoms with Crippen LogP contribution < -0.4 is 15.8 Å². The van der Waals surface area contributed by atoms with Crippen LogP contribution in [-0.4, -0.2) is 25.1 Å². The molecule has 1 aromatic carbocycles. The van der Waals surface area contributed by atoms with Crippen LogP contribution in [0.5, 0.6) is 5.75 Å². The monoisotopic (exact) mass is 314 g/mol. The molecule has 1 aromatic rings. The van der Waals surface area contributed by atoms with Crippen molar-refractivity contribution in [3.05, 3.63) is 29.3 Å². The molecular weight excluding hydrogens is 288 g/mol. The molecule has 4 nitrogen and oxygen atoms in total. The standard InChI is InChI=1S/C16H26N2O2.ClH/c1-5-11(2)14(17)16(19)18-9-10-20-15-12(3)7-6-8-13(15)4;/h6-8,11,14H,5,9-10,17H2,1-4H3,(H,18,19);1H. The fourth-order valence-corrected chi connectivity index (χ4v) is 1.98. The molecule has 0 radical (unpaired) electrons. The number of hydrogen-bond acceptors (Lipinski definition) is 3. The largest absolute Gasteiger partial charge is 0.491 e. The molecule has 3 N–H and O–H groups in total. The van der Waals surface area contributed by atoms with Gasteiger partial charge in [-0.1, -0.05) is 38.5 Å². The van der Waals surface area contributed by atoms with Crippen molar-refractivity contribution >= 4 is 18.3 Å². The summed E-state index contributed by atoms with van der Waals surface area (Å²) in [7, 11) is 0. The molecule has 2 unspecified atom stereocenters. The topological polar surface area (TPSA) is 64.4 Å². The normalized spacial score (nSPS) is 13.0. The van der Waals surface area contributed by atoms with Gasteiger partial charge in [0.25, 0.3) is 0 Å². The van der Waals surface area contributed by atoms with Crippen LogP contribution >= 0.6 is 12.4 Å². The highest BCUT2D eigenvalue weighted by molar-refractivity contribution is 5.85. The average Bonchev–Trinajstić information content (AvgIpc) is 2.44. The van der Waals surface area contributed by atoms with Gasteiger partial charge in [-0.05, 0) is 30.9 Å². The Balaban J connectivity index is 0.00000400. The zero-order valence-corrected chi connectivity index (χ0v) is 14.1. The summed E-state index contributed by atoms with van der Waals surface area (Å²) >= 11 is 0. The maximum Gasteiger partial charge on any atom is 0.237 e.